The summed E-state index contributed by atoms with van der Waals surface area (Å²) >= 11 is 0. The standard InChI is InChI=1S/C20H29N3O3S/c1-3-16(2)21-20(24)10-14-22-13-9-17-15-18(7-8-19(17)22)27(25,26)23-11-5-4-6-12-23/h7-9,13,15-16H,3-6,10-12,14H2,1-2H3,(H,21,24). The molecule has 1 amide bonds. The van der Waals surface area contributed by atoms with E-state index in [4.69, 9.17) is 0 Å². The molecule has 0 aliphatic carbocycles. The minimum absolute atomic E-state index is 0.0375. The molecule has 7 heteroatoms. The number of hydrogen-bond acceptors (Lipinski definition) is 3. The van der Waals surface area contributed by atoms with Crippen molar-refractivity contribution in [3.8, 4) is 0 Å². The number of fused-ring (bicyclic) bond motifs is 1. The summed E-state index contributed by atoms with van der Waals surface area (Å²) < 4.78 is 29.3. The molecule has 6 nitrogen and oxygen atoms in total. The molecule has 0 bridgehead atoms. The molecule has 148 valence electrons. The number of rotatable bonds is 7. The summed E-state index contributed by atoms with van der Waals surface area (Å²) in [5.74, 6) is 0.0375. The Hall–Kier alpha value is -1.86. The van der Waals surface area contributed by atoms with Gasteiger partial charge in [0.15, 0.2) is 0 Å². The van der Waals surface area contributed by atoms with Gasteiger partial charge in [-0.15, -0.1) is 0 Å². The number of carbonyl (C=O) groups is 1. The number of sulfonamides is 1. The largest absolute Gasteiger partial charge is 0.354 e. The molecule has 1 aromatic heterocycles. The van der Waals surface area contributed by atoms with Crippen LogP contribution in [0.25, 0.3) is 10.9 Å². The minimum atomic E-state index is -3.43. The van der Waals surface area contributed by atoms with Crippen LogP contribution in [0.4, 0.5) is 0 Å². The van der Waals surface area contributed by atoms with Gasteiger partial charge in [0, 0.05) is 49.2 Å². The lowest BCUT2D eigenvalue weighted by molar-refractivity contribution is -0.121. The van der Waals surface area contributed by atoms with Crippen LogP contribution in [0.1, 0.15) is 46.0 Å². The van der Waals surface area contributed by atoms with E-state index >= 15 is 0 Å². The fraction of sp³-hybridized carbons (Fsp3) is 0.550. The lowest BCUT2D eigenvalue weighted by Gasteiger charge is -2.25. The highest BCUT2D eigenvalue weighted by Crippen LogP contribution is 2.25. The molecule has 2 heterocycles. The molecule has 27 heavy (non-hydrogen) atoms. The molecule has 0 spiro atoms. The minimum Gasteiger partial charge on any atom is -0.354 e. The van der Waals surface area contributed by atoms with Crippen LogP contribution in [-0.2, 0) is 21.4 Å². The zero-order valence-corrected chi connectivity index (χ0v) is 17.0. The van der Waals surface area contributed by atoms with Crippen LogP contribution in [-0.4, -0.2) is 42.3 Å². The van der Waals surface area contributed by atoms with Crippen molar-refractivity contribution in [1.82, 2.24) is 14.2 Å². The molecule has 1 fully saturated rings. The Balaban J connectivity index is 1.73. The van der Waals surface area contributed by atoms with E-state index in [1.54, 1.807) is 16.4 Å². The van der Waals surface area contributed by atoms with E-state index in [-0.39, 0.29) is 11.9 Å². The van der Waals surface area contributed by atoms with Crippen LogP contribution in [0.15, 0.2) is 35.4 Å². The molecule has 2 aromatic rings. The number of piperidine rings is 1. The Morgan fingerprint density at radius 1 is 1.19 bits per heavy atom. The highest BCUT2D eigenvalue weighted by molar-refractivity contribution is 7.89. The van der Waals surface area contributed by atoms with Crippen molar-refractivity contribution in [2.75, 3.05) is 13.1 Å². The van der Waals surface area contributed by atoms with Crippen LogP contribution in [0, 0.1) is 0 Å². The van der Waals surface area contributed by atoms with Gasteiger partial charge in [-0.3, -0.25) is 4.79 Å². The van der Waals surface area contributed by atoms with Crippen molar-refractivity contribution >= 4 is 26.8 Å². The van der Waals surface area contributed by atoms with E-state index < -0.39 is 10.0 Å². The van der Waals surface area contributed by atoms with Crippen molar-refractivity contribution in [2.24, 2.45) is 0 Å². The van der Waals surface area contributed by atoms with Gasteiger partial charge in [0.05, 0.1) is 4.90 Å². The number of nitrogens with zero attached hydrogens (tertiary/aromatic N) is 2. The monoisotopic (exact) mass is 391 g/mol. The molecule has 1 N–H and O–H groups in total. The third-order valence-corrected chi connectivity index (χ3v) is 7.19. The van der Waals surface area contributed by atoms with Gasteiger partial charge in [0.25, 0.3) is 0 Å². The van der Waals surface area contributed by atoms with Gasteiger partial charge in [-0.05, 0) is 50.5 Å². The summed E-state index contributed by atoms with van der Waals surface area (Å²) in [4.78, 5) is 12.3. The quantitative estimate of drug-likeness (QED) is 0.788. The Kier molecular flexibility index (Phi) is 6.22. The molecular formula is C20H29N3O3S. The molecule has 3 rings (SSSR count). The van der Waals surface area contributed by atoms with Gasteiger partial charge in [-0.2, -0.15) is 4.31 Å². The second-order valence-corrected chi connectivity index (χ2v) is 9.26. The first-order valence-electron chi connectivity index (χ1n) is 9.80. The van der Waals surface area contributed by atoms with Crippen LogP contribution in [0.3, 0.4) is 0 Å². The molecular weight excluding hydrogens is 362 g/mol. The second-order valence-electron chi connectivity index (χ2n) is 7.32. The summed E-state index contributed by atoms with van der Waals surface area (Å²) in [6, 6.07) is 7.37. The maximum absolute atomic E-state index is 12.9. The summed E-state index contributed by atoms with van der Waals surface area (Å²) in [7, 11) is -3.43. The molecule has 1 atom stereocenters. The third kappa shape index (κ3) is 4.52. The van der Waals surface area contributed by atoms with Crippen LogP contribution in [0.2, 0.25) is 0 Å². The molecule has 1 aliphatic rings. The van der Waals surface area contributed by atoms with Crippen molar-refractivity contribution in [3.05, 3.63) is 30.5 Å². The Morgan fingerprint density at radius 3 is 2.63 bits per heavy atom. The lowest BCUT2D eigenvalue weighted by atomic mass is 10.2. The maximum atomic E-state index is 12.9. The van der Waals surface area contributed by atoms with Gasteiger partial charge < -0.3 is 9.88 Å². The van der Waals surface area contributed by atoms with Gasteiger partial charge in [0.2, 0.25) is 15.9 Å². The lowest BCUT2D eigenvalue weighted by Crippen LogP contribution is -2.35. The van der Waals surface area contributed by atoms with E-state index in [0.717, 1.165) is 36.6 Å². The van der Waals surface area contributed by atoms with Gasteiger partial charge in [0.1, 0.15) is 0 Å². The third-order valence-electron chi connectivity index (χ3n) is 5.29. The Bertz CT molecular complexity index is 898. The maximum Gasteiger partial charge on any atom is 0.243 e. The van der Waals surface area contributed by atoms with Crippen molar-refractivity contribution in [3.63, 3.8) is 0 Å². The number of benzene rings is 1. The number of aromatic nitrogens is 1. The fourth-order valence-electron chi connectivity index (χ4n) is 3.46. The topological polar surface area (TPSA) is 71.4 Å². The molecule has 1 aliphatic heterocycles. The summed E-state index contributed by atoms with van der Waals surface area (Å²) in [5, 5.41) is 3.85. The first-order valence-corrected chi connectivity index (χ1v) is 11.2. The first-order chi connectivity index (χ1) is 12.9. The number of amides is 1. The normalized spacial score (nSPS) is 17.1. The number of carbonyl (C=O) groups excluding carboxylic acids is 1. The van der Waals surface area contributed by atoms with Crippen LogP contribution < -0.4 is 5.32 Å². The Morgan fingerprint density at radius 2 is 1.93 bits per heavy atom. The van der Waals surface area contributed by atoms with Crippen molar-refractivity contribution in [1.29, 1.82) is 0 Å². The average Bonchev–Trinajstić information content (AvgIpc) is 3.09. The average molecular weight is 392 g/mol. The summed E-state index contributed by atoms with van der Waals surface area (Å²) in [6.45, 7) is 5.82. The SMILES string of the molecule is CCC(C)NC(=O)CCn1ccc2cc(S(=O)(=O)N3CCCCC3)ccc21. The van der Waals surface area contributed by atoms with Gasteiger partial charge in [-0.25, -0.2) is 8.42 Å². The van der Waals surface area contributed by atoms with Gasteiger partial charge in [-0.1, -0.05) is 13.3 Å². The van der Waals surface area contributed by atoms with Crippen LogP contribution >= 0.6 is 0 Å². The fourth-order valence-corrected chi connectivity index (χ4v) is 5.01. The molecule has 0 radical (unpaired) electrons. The number of nitrogens with one attached hydrogen (secondary N) is 1. The highest BCUT2D eigenvalue weighted by atomic mass is 32.2. The highest BCUT2D eigenvalue weighted by Gasteiger charge is 2.26. The van der Waals surface area contributed by atoms with E-state index in [1.165, 1.54) is 0 Å². The zero-order valence-electron chi connectivity index (χ0n) is 16.1. The van der Waals surface area contributed by atoms with E-state index in [1.807, 2.05) is 36.7 Å². The van der Waals surface area contributed by atoms with Crippen LogP contribution in [0.5, 0.6) is 0 Å². The van der Waals surface area contributed by atoms with E-state index in [2.05, 4.69) is 5.32 Å². The first kappa shape index (κ1) is 19.9. The van der Waals surface area contributed by atoms with E-state index in [9.17, 15) is 13.2 Å². The smallest absolute Gasteiger partial charge is 0.243 e. The molecule has 1 saturated heterocycles. The molecule has 1 unspecified atom stereocenters. The zero-order chi connectivity index (χ0) is 19.4. The predicted octanol–water partition coefficient (Wildman–Crippen LogP) is 3.12. The molecule has 1 aromatic carbocycles. The van der Waals surface area contributed by atoms with E-state index in [0.29, 0.717) is 31.0 Å². The number of aryl methyl sites for hydroxylation is 1. The summed E-state index contributed by atoms with van der Waals surface area (Å²) in [6.07, 6.45) is 6.18. The second kappa shape index (κ2) is 8.44. The number of hydrogen-bond donors (Lipinski definition) is 1. The Labute approximate surface area is 161 Å². The molecule has 0 saturated carbocycles. The van der Waals surface area contributed by atoms with Crippen molar-refractivity contribution < 1.29 is 13.2 Å². The van der Waals surface area contributed by atoms with Gasteiger partial charge >= 0.3 is 0 Å². The summed E-state index contributed by atoms with van der Waals surface area (Å²) in [5.41, 5.74) is 0.948. The van der Waals surface area contributed by atoms with Crippen molar-refractivity contribution in [2.45, 2.75) is 63.4 Å². The predicted molar refractivity (Wildman–Crippen MR) is 107 cm³/mol.